The minimum atomic E-state index is 0.0469. The second-order valence-electron chi connectivity index (χ2n) is 6.90. The van der Waals surface area contributed by atoms with Gasteiger partial charge >= 0.3 is 0 Å². The Morgan fingerprint density at radius 3 is 2.81 bits per heavy atom. The maximum Gasteiger partial charge on any atom is 0.225 e. The van der Waals surface area contributed by atoms with Gasteiger partial charge in [0.2, 0.25) is 11.8 Å². The van der Waals surface area contributed by atoms with Gasteiger partial charge in [-0.05, 0) is 44.5 Å². The first-order valence-electron chi connectivity index (χ1n) is 8.88. The molecule has 0 bridgehead atoms. The van der Waals surface area contributed by atoms with Gasteiger partial charge in [0, 0.05) is 30.1 Å². The monoisotopic (exact) mass is 363 g/mol. The number of ether oxygens (including phenoxy) is 1. The molecule has 0 saturated carbocycles. The van der Waals surface area contributed by atoms with E-state index in [0.717, 1.165) is 22.2 Å². The minimum absolute atomic E-state index is 0.0469. The van der Waals surface area contributed by atoms with Crippen LogP contribution in [0.2, 0.25) is 0 Å². The fourth-order valence-corrected chi connectivity index (χ4v) is 3.59. The fourth-order valence-electron chi connectivity index (χ4n) is 3.59. The molecule has 27 heavy (non-hydrogen) atoms. The number of hydrogen-bond donors (Lipinski definition) is 1. The van der Waals surface area contributed by atoms with Crippen molar-refractivity contribution in [1.29, 1.82) is 5.41 Å². The zero-order valence-corrected chi connectivity index (χ0v) is 15.6. The van der Waals surface area contributed by atoms with Gasteiger partial charge in [0.1, 0.15) is 17.9 Å². The third kappa shape index (κ3) is 3.05. The molecule has 0 fully saturated rings. The molecule has 1 aliphatic rings. The second kappa shape index (κ2) is 6.50. The molecule has 2 aromatic heterocycles. The lowest BCUT2D eigenvalue weighted by atomic mass is 9.99. The Kier molecular flexibility index (Phi) is 4.14. The molecule has 7 nitrogen and oxygen atoms in total. The van der Waals surface area contributed by atoms with E-state index in [-0.39, 0.29) is 11.9 Å². The summed E-state index contributed by atoms with van der Waals surface area (Å²) in [7, 11) is 0. The average Bonchev–Trinajstić information content (AvgIpc) is 3.05. The molecule has 1 aromatic carbocycles. The Bertz CT molecular complexity index is 1060. The van der Waals surface area contributed by atoms with Crippen molar-refractivity contribution < 1.29 is 9.53 Å². The zero-order chi connectivity index (χ0) is 19.1. The Morgan fingerprint density at radius 2 is 2.07 bits per heavy atom. The number of hydrogen-bond acceptors (Lipinski definition) is 5. The number of amides is 1. The first kappa shape index (κ1) is 17.2. The highest BCUT2D eigenvalue weighted by atomic mass is 16.5. The van der Waals surface area contributed by atoms with E-state index in [9.17, 15) is 4.79 Å². The molecule has 0 radical (unpaired) electrons. The summed E-state index contributed by atoms with van der Waals surface area (Å²) in [5.41, 5.74) is 2.75. The van der Waals surface area contributed by atoms with Crippen LogP contribution in [-0.4, -0.2) is 37.2 Å². The maximum absolute atomic E-state index is 11.8. The van der Waals surface area contributed by atoms with E-state index >= 15 is 0 Å². The highest BCUT2D eigenvalue weighted by Gasteiger charge is 2.28. The highest BCUT2D eigenvalue weighted by molar-refractivity contribution is 5.93. The van der Waals surface area contributed by atoms with Gasteiger partial charge in [-0.1, -0.05) is 0 Å². The van der Waals surface area contributed by atoms with Gasteiger partial charge in [-0.3, -0.25) is 10.2 Å². The van der Waals surface area contributed by atoms with Gasteiger partial charge in [-0.15, -0.1) is 0 Å². The van der Waals surface area contributed by atoms with E-state index in [1.54, 1.807) is 13.8 Å². The summed E-state index contributed by atoms with van der Waals surface area (Å²) in [4.78, 5) is 22.3. The number of carbonyl (C=O) groups is 1. The van der Waals surface area contributed by atoms with E-state index in [2.05, 4.69) is 9.97 Å². The van der Waals surface area contributed by atoms with E-state index in [4.69, 9.17) is 10.1 Å². The SMILES string of the molecule is CC(=N)n1ccc2cc(Oc3ncnc4c3CC(C)N(C(C)=O)C4)ccc21. The van der Waals surface area contributed by atoms with Crippen molar-refractivity contribution >= 4 is 22.6 Å². The summed E-state index contributed by atoms with van der Waals surface area (Å²) in [5.74, 6) is 1.74. The van der Waals surface area contributed by atoms with Crippen molar-refractivity contribution in [1.82, 2.24) is 19.4 Å². The van der Waals surface area contributed by atoms with E-state index in [1.807, 2.05) is 46.9 Å². The average molecular weight is 363 g/mol. The van der Waals surface area contributed by atoms with Crippen LogP contribution >= 0.6 is 0 Å². The summed E-state index contributed by atoms with van der Waals surface area (Å²) in [5, 5.41) is 8.82. The summed E-state index contributed by atoms with van der Waals surface area (Å²) in [6.45, 7) is 5.83. The summed E-state index contributed by atoms with van der Waals surface area (Å²) in [6.07, 6.45) is 4.02. The lowest BCUT2D eigenvalue weighted by Gasteiger charge is -2.33. The van der Waals surface area contributed by atoms with Crippen LogP contribution in [-0.2, 0) is 17.8 Å². The molecule has 3 aromatic rings. The molecule has 138 valence electrons. The van der Waals surface area contributed by atoms with Crippen molar-refractivity contribution in [3.8, 4) is 11.6 Å². The Morgan fingerprint density at radius 1 is 1.26 bits per heavy atom. The van der Waals surface area contributed by atoms with Crippen LogP contribution in [0.25, 0.3) is 10.9 Å². The molecular weight excluding hydrogens is 342 g/mol. The van der Waals surface area contributed by atoms with E-state index in [0.29, 0.717) is 30.4 Å². The van der Waals surface area contributed by atoms with Crippen LogP contribution < -0.4 is 4.74 Å². The highest BCUT2D eigenvalue weighted by Crippen LogP contribution is 2.32. The molecule has 0 aliphatic carbocycles. The smallest absolute Gasteiger partial charge is 0.225 e. The first-order valence-corrected chi connectivity index (χ1v) is 8.88. The van der Waals surface area contributed by atoms with Crippen LogP contribution in [0, 0.1) is 5.41 Å². The van der Waals surface area contributed by atoms with Gasteiger partial charge in [0.15, 0.2) is 0 Å². The fraction of sp³-hybridized carbons (Fsp3) is 0.300. The standard InChI is InChI=1S/C20H21N5O2/c1-12-8-17-18(10-25(12)14(3)26)22-11-23-20(17)27-16-4-5-19-15(9-16)6-7-24(19)13(2)21/h4-7,9,11-12,21H,8,10H2,1-3H3. The van der Waals surface area contributed by atoms with Crippen LogP contribution in [0.4, 0.5) is 0 Å². The largest absolute Gasteiger partial charge is 0.439 e. The van der Waals surface area contributed by atoms with Gasteiger partial charge < -0.3 is 14.2 Å². The lowest BCUT2D eigenvalue weighted by Crippen LogP contribution is -2.41. The molecule has 7 heteroatoms. The molecule has 0 spiro atoms. The van der Waals surface area contributed by atoms with Crippen LogP contribution in [0.15, 0.2) is 36.8 Å². The molecule has 1 atom stereocenters. The second-order valence-corrected chi connectivity index (χ2v) is 6.90. The number of nitrogens with zero attached hydrogens (tertiary/aromatic N) is 4. The molecule has 1 amide bonds. The minimum Gasteiger partial charge on any atom is -0.439 e. The number of aromatic nitrogens is 3. The Labute approximate surface area is 157 Å². The molecule has 3 heterocycles. The Balaban J connectivity index is 1.66. The van der Waals surface area contributed by atoms with Crippen molar-refractivity contribution in [2.24, 2.45) is 0 Å². The van der Waals surface area contributed by atoms with E-state index in [1.165, 1.54) is 6.33 Å². The molecule has 1 N–H and O–H groups in total. The normalized spacial score (nSPS) is 16.3. The lowest BCUT2D eigenvalue weighted by molar-refractivity contribution is -0.132. The van der Waals surface area contributed by atoms with Crippen molar-refractivity contribution in [2.75, 3.05) is 0 Å². The first-order chi connectivity index (χ1) is 12.9. The predicted octanol–water partition coefficient (Wildman–Crippen LogP) is 3.36. The third-order valence-electron chi connectivity index (χ3n) is 4.99. The number of carbonyl (C=O) groups excluding carboxylic acids is 1. The molecule has 1 aliphatic heterocycles. The topological polar surface area (TPSA) is 84.1 Å². The van der Waals surface area contributed by atoms with Crippen LogP contribution in [0.5, 0.6) is 11.6 Å². The molecular formula is C20H21N5O2. The van der Waals surface area contributed by atoms with Crippen molar-refractivity contribution in [2.45, 2.75) is 39.8 Å². The van der Waals surface area contributed by atoms with Gasteiger partial charge in [-0.25, -0.2) is 9.97 Å². The van der Waals surface area contributed by atoms with Crippen LogP contribution in [0.3, 0.4) is 0 Å². The summed E-state index contributed by atoms with van der Waals surface area (Å²) in [6, 6.07) is 7.80. The van der Waals surface area contributed by atoms with Crippen molar-refractivity contribution in [3.63, 3.8) is 0 Å². The molecule has 4 rings (SSSR count). The predicted molar refractivity (Wildman–Crippen MR) is 102 cm³/mol. The third-order valence-corrected chi connectivity index (χ3v) is 4.99. The van der Waals surface area contributed by atoms with Crippen LogP contribution in [0.1, 0.15) is 32.0 Å². The zero-order valence-electron chi connectivity index (χ0n) is 15.6. The summed E-state index contributed by atoms with van der Waals surface area (Å²) >= 11 is 0. The molecule has 1 unspecified atom stereocenters. The number of rotatable bonds is 2. The quantitative estimate of drug-likeness (QED) is 0.559. The number of benzene rings is 1. The van der Waals surface area contributed by atoms with Gasteiger partial charge in [-0.2, -0.15) is 0 Å². The van der Waals surface area contributed by atoms with Gasteiger partial charge in [0.05, 0.1) is 17.8 Å². The van der Waals surface area contributed by atoms with Crippen molar-refractivity contribution in [3.05, 3.63) is 48.0 Å². The molecule has 0 saturated heterocycles. The Hall–Kier alpha value is -3.22. The number of fused-ring (bicyclic) bond motifs is 2. The van der Waals surface area contributed by atoms with Gasteiger partial charge in [0.25, 0.3) is 0 Å². The number of nitrogens with one attached hydrogen (secondary N) is 1. The summed E-state index contributed by atoms with van der Waals surface area (Å²) < 4.78 is 7.90. The maximum atomic E-state index is 11.8. The van der Waals surface area contributed by atoms with E-state index < -0.39 is 0 Å².